The van der Waals surface area contributed by atoms with E-state index in [1.165, 1.54) is 31.2 Å². The second-order valence-corrected chi connectivity index (χ2v) is 5.74. The van der Waals surface area contributed by atoms with Gasteiger partial charge >= 0.3 is 0 Å². The average molecular weight is 261 g/mol. The van der Waals surface area contributed by atoms with E-state index in [1.807, 2.05) is 0 Å². The van der Waals surface area contributed by atoms with E-state index >= 15 is 0 Å². The molecule has 0 radical (unpaired) electrons. The van der Waals surface area contributed by atoms with Gasteiger partial charge in [0.25, 0.3) is 0 Å². The van der Waals surface area contributed by atoms with E-state index in [0.29, 0.717) is 6.10 Å². The van der Waals surface area contributed by atoms with Crippen molar-refractivity contribution < 1.29 is 4.74 Å². The molecule has 1 aliphatic carbocycles. The molecular weight excluding hydrogens is 234 g/mol. The zero-order valence-electron chi connectivity index (χ0n) is 12.3. The van der Waals surface area contributed by atoms with E-state index in [4.69, 9.17) is 4.74 Å². The monoisotopic (exact) mass is 261 g/mol. The fourth-order valence-corrected chi connectivity index (χ4v) is 2.92. The molecule has 0 amide bonds. The van der Waals surface area contributed by atoms with Gasteiger partial charge in [0.1, 0.15) is 0 Å². The summed E-state index contributed by atoms with van der Waals surface area (Å²) >= 11 is 0. The summed E-state index contributed by atoms with van der Waals surface area (Å²) in [7, 11) is 0. The average Bonchev–Trinajstić information content (AvgIpc) is 2.44. The predicted octanol–water partition coefficient (Wildman–Crippen LogP) is 3.93. The Labute approximate surface area is 117 Å². The van der Waals surface area contributed by atoms with Crippen LogP contribution in [-0.4, -0.2) is 19.2 Å². The summed E-state index contributed by atoms with van der Waals surface area (Å²) in [6.45, 7) is 6.39. The summed E-state index contributed by atoms with van der Waals surface area (Å²) in [6, 6.07) is 10.6. The normalized spacial score (nSPS) is 25.2. The summed E-state index contributed by atoms with van der Waals surface area (Å²) in [5, 5.41) is 3.42. The molecule has 1 aromatic rings. The van der Waals surface area contributed by atoms with Crippen LogP contribution in [0.1, 0.15) is 51.2 Å². The van der Waals surface area contributed by atoms with E-state index < -0.39 is 0 Å². The molecule has 1 aromatic carbocycles. The Bertz CT molecular complexity index is 352. The molecule has 0 saturated heterocycles. The summed E-state index contributed by atoms with van der Waals surface area (Å²) in [5.74, 6) is 0.814. The van der Waals surface area contributed by atoms with E-state index in [1.54, 1.807) is 0 Å². The predicted molar refractivity (Wildman–Crippen MR) is 80.2 cm³/mol. The standard InChI is InChI=1S/C17H27NO/c1-3-18-13-17(15-9-5-4-6-10-15)19-16-11-7-8-14(2)12-16/h4-6,9-10,14,16-18H,3,7-8,11-13H2,1-2H3. The lowest BCUT2D eigenvalue weighted by atomic mass is 9.88. The van der Waals surface area contributed by atoms with Crippen LogP contribution in [0.2, 0.25) is 0 Å². The van der Waals surface area contributed by atoms with Gasteiger partial charge in [0.15, 0.2) is 0 Å². The number of benzene rings is 1. The number of hydrogen-bond acceptors (Lipinski definition) is 2. The molecule has 2 rings (SSSR count). The van der Waals surface area contributed by atoms with Gasteiger partial charge in [0, 0.05) is 6.54 Å². The zero-order chi connectivity index (χ0) is 13.5. The van der Waals surface area contributed by atoms with E-state index in [9.17, 15) is 0 Å². The minimum atomic E-state index is 0.191. The van der Waals surface area contributed by atoms with Gasteiger partial charge < -0.3 is 10.1 Å². The van der Waals surface area contributed by atoms with Crippen LogP contribution in [0.15, 0.2) is 30.3 Å². The van der Waals surface area contributed by atoms with Crippen molar-refractivity contribution in [1.82, 2.24) is 5.32 Å². The van der Waals surface area contributed by atoms with Crippen molar-refractivity contribution in [3.8, 4) is 0 Å². The Balaban J connectivity index is 1.97. The fourth-order valence-electron chi connectivity index (χ4n) is 2.92. The smallest absolute Gasteiger partial charge is 0.0952 e. The van der Waals surface area contributed by atoms with Gasteiger partial charge in [-0.15, -0.1) is 0 Å². The lowest BCUT2D eigenvalue weighted by Gasteiger charge is -2.31. The topological polar surface area (TPSA) is 21.3 Å². The molecule has 106 valence electrons. The van der Waals surface area contributed by atoms with Crippen LogP contribution in [-0.2, 0) is 4.74 Å². The molecule has 1 saturated carbocycles. The number of likely N-dealkylation sites (N-methyl/N-ethyl adjacent to an activating group) is 1. The molecule has 0 spiro atoms. The van der Waals surface area contributed by atoms with E-state index in [0.717, 1.165) is 19.0 Å². The Morgan fingerprint density at radius 2 is 2.05 bits per heavy atom. The summed E-state index contributed by atoms with van der Waals surface area (Å²) in [4.78, 5) is 0. The highest BCUT2D eigenvalue weighted by molar-refractivity contribution is 5.18. The SMILES string of the molecule is CCNCC(OC1CCCC(C)C1)c1ccccc1. The Kier molecular flexibility index (Phi) is 5.87. The molecule has 0 aromatic heterocycles. The van der Waals surface area contributed by atoms with E-state index in [2.05, 4.69) is 49.5 Å². The van der Waals surface area contributed by atoms with Gasteiger partial charge in [-0.05, 0) is 30.9 Å². The van der Waals surface area contributed by atoms with Crippen LogP contribution >= 0.6 is 0 Å². The third kappa shape index (κ3) is 4.63. The highest BCUT2D eigenvalue weighted by atomic mass is 16.5. The molecule has 2 nitrogen and oxygen atoms in total. The van der Waals surface area contributed by atoms with Gasteiger partial charge in [0.05, 0.1) is 12.2 Å². The van der Waals surface area contributed by atoms with Gasteiger partial charge in [-0.3, -0.25) is 0 Å². The maximum Gasteiger partial charge on any atom is 0.0952 e. The van der Waals surface area contributed by atoms with Gasteiger partial charge in [0.2, 0.25) is 0 Å². The molecule has 19 heavy (non-hydrogen) atoms. The lowest BCUT2D eigenvalue weighted by molar-refractivity contribution is -0.0393. The number of nitrogens with one attached hydrogen (secondary N) is 1. The Morgan fingerprint density at radius 1 is 1.26 bits per heavy atom. The van der Waals surface area contributed by atoms with Crippen molar-refractivity contribution in [2.75, 3.05) is 13.1 Å². The molecule has 0 bridgehead atoms. The quantitative estimate of drug-likeness (QED) is 0.837. The first-order chi connectivity index (χ1) is 9.29. The van der Waals surface area contributed by atoms with Crippen LogP contribution in [0.4, 0.5) is 0 Å². The van der Waals surface area contributed by atoms with Crippen molar-refractivity contribution in [2.24, 2.45) is 5.92 Å². The molecule has 2 heteroatoms. The van der Waals surface area contributed by atoms with Crippen molar-refractivity contribution in [3.63, 3.8) is 0 Å². The fraction of sp³-hybridized carbons (Fsp3) is 0.647. The first kappa shape index (κ1) is 14.5. The maximum atomic E-state index is 6.39. The van der Waals surface area contributed by atoms with Crippen LogP contribution in [0.3, 0.4) is 0 Å². The van der Waals surface area contributed by atoms with Gasteiger partial charge in [-0.1, -0.05) is 57.0 Å². The van der Waals surface area contributed by atoms with Crippen molar-refractivity contribution in [3.05, 3.63) is 35.9 Å². The third-order valence-electron chi connectivity index (χ3n) is 4.00. The molecule has 0 heterocycles. The molecule has 3 unspecified atom stereocenters. The summed E-state index contributed by atoms with van der Waals surface area (Å²) in [6.07, 6.45) is 5.75. The molecule has 1 fully saturated rings. The highest BCUT2D eigenvalue weighted by Gasteiger charge is 2.23. The minimum absolute atomic E-state index is 0.191. The van der Waals surface area contributed by atoms with Crippen molar-refractivity contribution >= 4 is 0 Å². The first-order valence-corrected chi connectivity index (χ1v) is 7.70. The molecular formula is C17H27NO. The van der Waals surface area contributed by atoms with Crippen molar-refractivity contribution in [1.29, 1.82) is 0 Å². The highest BCUT2D eigenvalue weighted by Crippen LogP contribution is 2.29. The maximum absolute atomic E-state index is 6.39. The minimum Gasteiger partial charge on any atom is -0.369 e. The molecule has 0 aliphatic heterocycles. The molecule has 1 N–H and O–H groups in total. The second-order valence-electron chi connectivity index (χ2n) is 5.74. The Morgan fingerprint density at radius 3 is 2.74 bits per heavy atom. The van der Waals surface area contributed by atoms with Crippen LogP contribution in [0, 0.1) is 5.92 Å². The summed E-state index contributed by atoms with van der Waals surface area (Å²) < 4.78 is 6.39. The van der Waals surface area contributed by atoms with Gasteiger partial charge in [-0.25, -0.2) is 0 Å². The lowest BCUT2D eigenvalue weighted by Crippen LogP contribution is -2.29. The van der Waals surface area contributed by atoms with Gasteiger partial charge in [-0.2, -0.15) is 0 Å². The number of ether oxygens (including phenoxy) is 1. The van der Waals surface area contributed by atoms with Crippen LogP contribution in [0.5, 0.6) is 0 Å². The number of hydrogen-bond donors (Lipinski definition) is 1. The van der Waals surface area contributed by atoms with Crippen LogP contribution < -0.4 is 5.32 Å². The zero-order valence-corrected chi connectivity index (χ0v) is 12.3. The Hall–Kier alpha value is -0.860. The summed E-state index contributed by atoms with van der Waals surface area (Å²) in [5.41, 5.74) is 1.29. The first-order valence-electron chi connectivity index (χ1n) is 7.70. The van der Waals surface area contributed by atoms with Crippen molar-refractivity contribution in [2.45, 2.75) is 51.7 Å². The largest absolute Gasteiger partial charge is 0.369 e. The molecule has 3 atom stereocenters. The molecule has 1 aliphatic rings. The van der Waals surface area contributed by atoms with Crippen LogP contribution in [0.25, 0.3) is 0 Å². The number of rotatable bonds is 6. The van der Waals surface area contributed by atoms with E-state index in [-0.39, 0.29) is 6.10 Å². The second kappa shape index (κ2) is 7.66. The third-order valence-corrected chi connectivity index (χ3v) is 4.00.